The summed E-state index contributed by atoms with van der Waals surface area (Å²) in [5, 5.41) is 3.95. The number of oxazole rings is 1. The van der Waals surface area contributed by atoms with Gasteiger partial charge >= 0.3 is 0 Å². The van der Waals surface area contributed by atoms with Gasteiger partial charge in [-0.05, 0) is 44.0 Å². The van der Waals surface area contributed by atoms with E-state index in [1.54, 1.807) is 6.26 Å². The van der Waals surface area contributed by atoms with Crippen LogP contribution in [0.3, 0.4) is 0 Å². The van der Waals surface area contributed by atoms with E-state index in [4.69, 9.17) is 8.83 Å². The molecule has 0 spiro atoms. The van der Waals surface area contributed by atoms with E-state index in [1.807, 2.05) is 57.2 Å². The SMILES string of the molecule is Cc1ccc(C)c2c(C)c(C(=O)NCCc3coc(-c4ccccc4)n3)oc12. The molecular formula is C23H22N2O3. The van der Waals surface area contributed by atoms with Crippen molar-refractivity contribution in [2.75, 3.05) is 6.54 Å². The van der Waals surface area contributed by atoms with Crippen molar-refractivity contribution >= 4 is 16.9 Å². The molecule has 28 heavy (non-hydrogen) atoms. The predicted molar refractivity (Wildman–Crippen MR) is 108 cm³/mol. The molecule has 5 nitrogen and oxygen atoms in total. The second-order valence-electron chi connectivity index (χ2n) is 6.98. The number of aromatic nitrogens is 1. The Labute approximate surface area is 163 Å². The van der Waals surface area contributed by atoms with E-state index in [1.165, 1.54) is 0 Å². The van der Waals surface area contributed by atoms with E-state index in [2.05, 4.69) is 16.4 Å². The minimum atomic E-state index is -0.209. The molecule has 0 aliphatic carbocycles. The van der Waals surface area contributed by atoms with Gasteiger partial charge in [-0.2, -0.15) is 0 Å². The van der Waals surface area contributed by atoms with Gasteiger partial charge in [-0.25, -0.2) is 4.98 Å². The van der Waals surface area contributed by atoms with Gasteiger partial charge in [0, 0.05) is 29.5 Å². The summed E-state index contributed by atoms with van der Waals surface area (Å²) in [5.41, 5.74) is 5.53. The summed E-state index contributed by atoms with van der Waals surface area (Å²) in [6, 6.07) is 13.8. The minimum absolute atomic E-state index is 0.209. The number of fused-ring (bicyclic) bond motifs is 1. The lowest BCUT2D eigenvalue weighted by Crippen LogP contribution is -2.25. The number of rotatable bonds is 5. The molecule has 4 rings (SSSR count). The highest BCUT2D eigenvalue weighted by atomic mass is 16.3. The number of aryl methyl sites for hydroxylation is 3. The number of hydrogen-bond donors (Lipinski definition) is 1. The first-order valence-electron chi connectivity index (χ1n) is 9.32. The summed E-state index contributed by atoms with van der Waals surface area (Å²) in [7, 11) is 0. The van der Waals surface area contributed by atoms with Crippen LogP contribution in [0.25, 0.3) is 22.4 Å². The van der Waals surface area contributed by atoms with Crippen molar-refractivity contribution in [2.24, 2.45) is 0 Å². The smallest absolute Gasteiger partial charge is 0.287 e. The Bertz CT molecular complexity index is 1140. The van der Waals surface area contributed by atoms with Crippen LogP contribution in [-0.4, -0.2) is 17.4 Å². The molecule has 0 saturated heterocycles. The van der Waals surface area contributed by atoms with Crippen molar-refractivity contribution in [3.05, 3.63) is 76.9 Å². The quantitative estimate of drug-likeness (QED) is 0.535. The highest BCUT2D eigenvalue weighted by molar-refractivity contribution is 6.00. The number of furan rings is 1. The number of hydrogen-bond acceptors (Lipinski definition) is 4. The van der Waals surface area contributed by atoms with Crippen LogP contribution in [0.4, 0.5) is 0 Å². The monoisotopic (exact) mass is 374 g/mol. The second-order valence-corrected chi connectivity index (χ2v) is 6.98. The summed E-state index contributed by atoms with van der Waals surface area (Å²) in [4.78, 5) is 17.1. The van der Waals surface area contributed by atoms with Gasteiger partial charge in [0.05, 0.1) is 5.69 Å². The van der Waals surface area contributed by atoms with Gasteiger partial charge in [-0.3, -0.25) is 4.79 Å². The van der Waals surface area contributed by atoms with Crippen LogP contribution >= 0.6 is 0 Å². The Kier molecular flexibility index (Phi) is 4.74. The largest absolute Gasteiger partial charge is 0.450 e. The first-order valence-corrected chi connectivity index (χ1v) is 9.32. The fraction of sp³-hybridized carbons (Fsp3) is 0.217. The van der Waals surface area contributed by atoms with Gasteiger partial charge in [0.15, 0.2) is 5.76 Å². The molecule has 5 heteroatoms. The van der Waals surface area contributed by atoms with Crippen molar-refractivity contribution in [3.63, 3.8) is 0 Å². The standard InChI is InChI=1S/C23H22N2O3/c1-14-9-10-15(2)20-19(14)16(3)21(28-20)22(26)24-12-11-18-13-27-23(25-18)17-7-5-4-6-8-17/h4-10,13H,11-12H2,1-3H3,(H,24,26). The number of carbonyl (C=O) groups is 1. The zero-order valence-corrected chi connectivity index (χ0v) is 16.2. The first kappa shape index (κ1) is 18.0. The van der Waals surface area contributed by atoms with Crippen LogP contribution < -0.4 is 5.32 Å². The van der Waals surface area contributed by atoms with Gasteiger partial charge < -0.3 is 14.2 Å². The molecule has 0 radical (unpaired) electrons. The van der Waals surface area contributed by atoms with Crippen LogP contribution in [0.5, 0.6) is 0 Å². The van der Waals surface area contributed by atoms with E-state index in [-0.39, 0.29) is 5.91 Å². The van der Waals surface area contributed by atoms with Crippen LogP contribution in [-0.2, 0) is 6.42 Å². The van der Waals surface area contributed by atoms with Crippen molar-refractivity contribution in [1.82, 2.24) is 10.3 Å². The Hall–Kier alpha value is -3.34. The maximum Gasteiger partial charge on any atom is 0.287 e. The van der Waals surface area contributed by atoms with E-state index in [9.17, 15) is 4.79 Å². The van der Waals surface area contributed by atoms with Gasteiger partial charge in [-0.15, -0.1) is 0 Å². The molecule has 0 atom stereocenters. The van der Waals surface area contributed by atoms with Crippen molar-refractivity contribution < 1.29 is 13.6 Å². The highest BCUT2D eigenvalue weighted by Crippen LogP contribution is 2.30. The number of nitrogens with zero attached hydrogens (tertiary/aromatic N) is 1. The molecule has 0 saturated carbocycles. The number of amides is 1. The second kappa shape index (κ2) is 7.35. The summed E-state index contributed by atoms with van der Waals surface area (Å²) < 4.78 is 11.4. The molecule has 142 valence electrons. The zero-order valence-electron chi connectivity index (χ0n) is 16.2. The molecule has 4 aromatic rings. The highest BCUT2D eigenvalue weighted by Gasteiger charge is 2.19. The van der Waals surface area contributed by atoms with E-state index in [0.29, 0.717) is 24.6 Å². The Morgan fingerprint density at radius 1 is 1.04 bits per heavy atom. The van der Waals surface area contributed by atoms with Crippen LogP contribution in [0.15, 0.2) is 57.6 Å². The molecule has 0 bridgehead atoms. The molecule has 0 fully saturated rings. The summed E-state index contributed by atoms with van der Waals surface area (Å²) in [5.74, 6) is 0.748. The normalized spacial score (nSPS) is 11.1. The Balaban J connectivity index is 1.44. The van der Waals surface area contributed by atoms with Crippen molar-refractivity contribution in [2.45, 2.75) is 27.2 Å². The maximum atomic E-state index is 12.6. The third-order valence-corrected chi connectivity index (χ3v) is 4.93. The lowest BCUT2D eigenvalue weighted by molar-refractivity contribution is 0.0927. The van der Waals surface area contributed by atoms with Crippen LogP contribution in [0.2, 0.25) is 0 Å². The molecule has 0 aliphatic heterocycles. The summed E-state index contributed by atoms with van der Waals surface area (Å²) in [6.45, 7) is 6.40. The number of carbonyl (C=O) groups excluding carboxylic acids is 1. The van der Waals surface area contributed by atoms with Gasteiger partial charge in [-0.1, -0.05) is 30.3 Å². The average molecular weight is 374 g/mol. The van der Waals surface area contributed by atoms with Gasteiger partial charge in [0.25, 0.3) is 5.91 Å². The minimum Gasteiger partial charge on any atom is -0.450 e. The number of benzene rings is 2. The summed E-state index contributed by atoms with van der Waals surface area (Å²) >= 11 is 0. The maximum absolute atomic E-state index is 12.6. The lowest BCUT2D eigenvalue weighted by atomic mass is 10.0. The van der Waals surface area contributed by atoms with E-state index in [0.717, 1.165) is 38.9 Å². The predicted octanol–water partition coefficient (Wildman–Crippen LogP) is 4.99. The molecule has 0 aliphatic rings. The van der Waals surface area contributed by atoms with Gasteiger partial charge in [0.2, 0.25) is 5.89 Å². The molecule has 1 N–H and O–H groups in total. The van der Waals surface area contributed by atoms with E-state index < -0.39 is 0 Å². The molecular weight excluding hydrogens is 352 g/mol. The third-order valence-electron chi connectivity index (χ3n) is 4.93. The molecule has 2 heterocycles. The van der Waals surface area contributed by atoms with Crippen molar-refractivity contribution in [1.29, 1.82) is 0 Å². The summed E-state index contributed by atoms with van der Waals surface area (Å²) in [6.07, 6.45) is 2.22. The molecule has 2 aromatic heterocycles. The van der Waals surface area contributed by atoms with Crippen LogP contribution in [0, 0.1) is 20.8 Å². The van der Waals surface area contributed by atoms with Crippen molar-refractivity contribution in [3.8, 4) is 11.5 Å². The first-order chi connectivity index (χ1) is 13.5. The Morgan fingerprint density at radius 2 is 1.79 bits per heavy atom. The average Bonchev–Trinajstić information content (AvgIpc) is 3.31. The fourth-order valence-corrected chi connectivity index (χ4v) is 3.41. The van der Waals surface area contributed by atoms with E-state index >= 15 is 0 Å². The third kappa shape index (κ3) is 3.31. The Morgan fingerprint density at radius 3 is 2.54 bits per heavy atom. The molecule has 0 unspecified atom stereocenters. The topological polar surface area (TPSA) is 68.3 Å². The lowest BCUT2D eigenvalue weighted by Gasteiger charge is -2.02. The fourth-order valence-electron chi connectivity index (χ4n) is 3.41. The number of nitrogens with one attached hydrogen (secondary N) is 1. The van der Waals surface area contributed by atoms with Crippen LogP contribution in [0.1, 0.15) is 32.9 Å². The molecule has 2 aromatic carbocycles. The molecule has 1 amide bonds. The zero-order chi connectivity index (χ0) is 19.7. The van der Waals surface area contributed by atoms with Gasteiger partial charge in [0.1, 0.15) is 11.8 Å².